The Kier molecular flexibility index (Phi) is 8.11. The highest BCUT2D eigenvalue weighted by Crippen LogP contribution is 2.04. The molecule has 0 saturated heterocycles. The number of urea groups is 1. The van der Waals surface area contributed by atoms with E-state index in [0.29, 0.717) is 6.54 Å². The standard InChI is InChI=1S/C12H24N2O4/c1-4-5-6-14(7-8-15)12(18)13-10(3)9(2)11(16)17/h9-10,15H,4-8H2,1-3H3,(H,13,18)(H,16,17). The van der Waals surface area contributed by atoms with Crippen molar-refractivity contribution in [2.45, 2.75) is 39.7 Å². The molecular weight excluding hydrogens is 236 g/mol. The third-order valence-corrected chi connectivity index (χ3v) is 2.93. The average Bonchev–Trinajstić information content (AvgIpc) is 2.32. The van der Waals surface area contributed by atoms with Crippen molar-refractivity contribution in [2.24, 2.45) is 5.92 Å². The first kappa shape index (κ1) is 16.7. The quantitative estimate of drug-likeness (QED) is 0.605. The Balaban J connectivity index is 4.35. The van der Waals surface area contributed by atoms with Gasteiger partial charge in [0, 0.05) is 19.1 Å². The zero-order chi connectivity index (χ0) is 14.1. The van der Waals surface area contributed by atoms with E-state index in [0.717, 1.165) is 12.8 Å². The van der Waals surface area contributed by atoms with Gasteiger partial charge in [0.05, 0.1) is 12.5 Å². The Hall–Kier alpha value is -1.30. The number of nitrogens with one attached hydrogen (secondary N) is 1. The Morgan fingerprint density at radius 3 is 2.33 bits per heavy atom. The van der Waals surface area contributed by atoms with Crippen LogP contribution in [0, 0.1) is 5.92 Å². The normalized spacial score (nSPS) is 13.8. The van der Waals surface area contributed by atoms with Crippen molar-refractivity contribution in [1.82, 2.24) is 10.2 Å². The minimum atomic E-state index is -0.940. The lowest BCUT2D eigenvalue weighted by Gasteiger charge is -2.25. The molecule has 18 heavy (non-hydrogen) atoms. The molecule has 0 heterocycles. The fourth-order valence-corrected chi connectivity index (χ4v) is 1.41. The van der Waals surface area contributed by atoms with Crippen molar-refractivity contribution in [3.63, 3.8) is 0 Å². The van der Waals surface area contributed by atoms with E-state index in [9.17, 15) is 9.59 Å². The van der Waals surface area contributed by atoms with Gasteiger partial charge >= 0.3 is 12.0 Å². The summed E-state index contributed by atoms with van der Waals surface area (Å²) in [5, 5.41) is 20.4. The molecule has 2 atom stereocenters. The van der Waals surface area contributed by atoms with Crippen LogP contribution in [-0.4, -0.2) is 52.9 Å². The van der Waals surface area contributed by atoms with Gasteiger partial charge in [0.15, 0.2) is 0 Å². The van der Waals surface area contributed by atoms with Crippen LogP contribution in [0.4, 0.5) is 4.79 Å². The van der Waals surface area contributed by atoms with Crippen LogP contribution in [0.25, 0.3) is 0 Å². The van der Waals surface area contributed by atoms with Crippen LogP contribution in [-0.2, 0) is 4.79 Å². The van der Waals surface area contributed by atoms with Gasteiger partial charge in [0.1, 0.15) is 0 Å². The SMILES string of the molecule is CCCCN(CCO)C(=O)NC(C)C(C)C(=O)O. The van der Waals surface area contributed by atoms with Crippen LogP contribution in [0.2, 0.25) is 0 Å². The summed E-state index contributed by atoms with van der Waals surface area (Å²) in [5.41, 5.74) is 0. The largest absolute Gasteiger partial charge is 0.481 e. The molecule has 0 aliphatic rings. The first-order valence-corrected chi connectivity index (χ1v) is 6.33. The zero-order valence-electron chi connectivity index (χ0n) is 11.3. The van der Waals surface area contributed by atoms with Crippen molar-refractivity contribution < 1.29 is 19.8 Å². The first-order chi connectivity index (χ1) is 8.43. The van der Waals surface area contributed by atoms with E-state index in [-0.39, 0.29) is 19.2 Å². The van der Waals surface area contributed by atoms with Crippen molar-refractivity contribution in [3.8, 4) is 0 Å². The fraction of sp³-hybridized carbons (Fsp3) is 0.833. The molecular formula is C12H24N2O4. The molecule has 0 radical (unpaired) electrons. The zero-order valence-corrected chi connectivity index (χ0v) is 11.3. The van der Waals surface area contributed by atoms with E-state index in [4.69, 9.17) is 10.2 Å². The summed E-state index contributed by atoms with van der Waals surface area (Å²) in [5.74, 6) is -1.58. The number of hydrogen-bond donors (Lipinski definition) is 3. The molecule has 6 heteroatoms. The first-order valence-electron chi connectivity index (χ1n) is 6.33. The number of aliphatic hydroxyl groups is 1. The van der Waals surface area contributed by atoms with Crippen LogP contribution in [0.15, 0.2) is 0 Å². The molecule has 2 amide bonds. The molecule has 6 nitrogen and oxygen atoms in total. The number of carbonyl (C=O) groups is 2. The molecule has 0 aliphatic carbocycles. The minimum absolute atomic E-state index is 0.0972. The average molecular weight is 260 g/mol. The number of hydrogen-bond acceptors (Lipinski definition) is 3. The van der Waals surface area contributed by atoms with Crippen molar-refractivity contribution in [2.75, 3.05) is 19.7 Å². The molecule has 0 bridgehead atoms. The number of aliphatic carboxylic acids is 1. The predicted octanol–water partition coefficient (Wildman–Crippen LogP) is 0.900. The van der Waals surface area contributed by atoms with Gasteiger partial charge in [-0.2, -0.15) is 0 Å². The Labute approximate surface area is 108 Å². The van der Waals surface area contributed by atoms with Gasteiger partial charge < -0.3 is 20.4 Å². The topological polar surface area (TPSA) is 89.9 Å². The summed E-state index contributed by atoms with van der Waals surface area (Å²) in [4.78, 5) is 24.2. The molecule has 0 spiro atoms. The second kappa shape index (κ2) is 8.74. The maximum absolute atomic E-state index is 11.9. The summed E-state index contributed by atoms with van der Waals surface area (Å²) in [6.45, 7) is 5.96. The van der Waals surface area contributed by atoms with Gasteiger partial charge in [-0.3, -0.25) is 4.79 Å². The maximum Gasteiger partial charge on any atom is 0.317 e. The van der Waals surface area contributed by atoms with Crippen LogP contribution in [0.3, 0.4) is 0 Å². The van der Waals surface area contributed by atoms with Crippen LogP contribution in [0.1, 0.15) is 33.6 Å². The Morgan fingerprint density at radius 2 is 1.89 bits per heavy atom. The van der Waals surface area contributed by atoms with Gasteiger partial charge in [-0.1, -0.05) is 13.3 Å². The Bertz CT molecular complexity index is 271. The highest BCUT2D eigenvalue weighted by atomic mass is 16.4. The number of nitrogens with zero attached hydrogens (tertiary/aromatic N) is 1. The van der Waals surface area contributed by atoms with E-state index >= 15 is 0 Å². The molecule has 0 aliphatic heterocycles. The van der Waals surface area contributed by atoms with Crippen LogP contribution in [0.5, 0.6) is 0 Å². The summed E-state index contributed by atoms with van der Waals surface area (Å²) in [7, 11) is 0. The predicted molar refractivity (Wildman–Crippen MR) is 68.4 cm³/mol. The lowest BCUT2D eigenvalue weighted by Crippen LogP contribution is -2.48. The summed E-state index contributed by atoms with van der Waals surface area (Å²) in [6.07, 6.45) is 1.81. The number of aliphatic hydroxyl groups excluding tert-OH is 1. The maximum atomic E-state index is 11.9. The van der Waals surface area contributed by atoms with E-state index in [1.807, 2.05) is 6.92 Å². The highest BCUT2D eigenvalue weighted by Gasteiger charge is 2.23. The smallest absolute Gasteiger partial charge is 0.317 e. The molecule has 3 N–H and O–H groups in total. The van der Waals surface area contributed by atoms with Gasteiger partial charge in [-0.25, -0.2) is 4.79 Å². The van der Waals surface area contributed by atoms with E-state index in [2.05, 4.69) is 5.32 Å². The molecule has 0 saturated carbocycles. The third-order valence-electron chi connectivity index (χ3n) is 2.93. The van der Waals surface area contributed by atoms with Crippen LogP contribution >= 0.6 is 0 Å². The molecule has 2 unspecified atom stereocenters. The van der Waals surface area contributed by atoms with Crippen molar-refractivity contribution in [3.05, 3.63) is 0 Å². The van der Waals surface area contributed by atoms with Gasteiger partial charge in [0.2, 0.25) is 0 Å². The van der Waals surface area contributed by atoms with Crippen LogP contribution < -0.4 is 5.32 Å². The second-order valence-electron chi connectivity index (χ2n) is 4.43. The lowest BCUT2D eigenvalue weighted by molar-refractivity contribution is -0.141. The molecule has 0 fully saturated rings. The number of carboxylic acid groups (broad SMARTS) is 1. The highest BCUT2D eigenvalue weighted by molar-refractivity contribution is 5.76. The number of carbonyl (C=O) groups excluding carboxylic acids is 1. The van der Waals surface area contributed by atoms with E-state index in [1.165, 1.54) is 4.90 Å². The summed E-state index contributed by atoms with van der Waals surface area (Å²) < 4.78 is 0. The fourth-order valence-electron chi connectivity index (χ4n) is 1.41. The van der Waals surface area contributed by atoms with Crippen molar-refractivity contribution >= 4 is 12.0 Å². The molecule has 0 aromatic rings. The van der Waals surface area contributed by atoms with E-state index in [1.54, 1.807) is 13.8 Å². The summed E-state index contributed by atoms with van der Waals surface area (Å²) >= 11 is 0. The van der Waals surface area contributed by atoms with E-state index < -0.39 is 17.9 Å². The molecule has 0 aromatic carbocycles. The van der Waals surface area contributed by atoms with Crippen molar-refractivity contribution in [1.29, 1.82) is 0 Å². The number of unbranched alkanes of at least 4 members (excludes halogenated alkanes) is 1. The second-order valence-corrected chi connectivity index (χ2v) is 4.43. The minimum Gasteiger partial charge on any atom is -0.481 e. The Morgan fingerprint density at radius 1 is 1.28 bits per heavy atom. The number of carboxylic acids is 1. The monoisotopic (exact) mass is 260 g/mol. The van der Waals surface area contributed by atoms with Gasteiger partial charge in [0.25, 0.3) is 0 Å². The summed E-state index contributed by atoms with van der Waals surface area (Å²) in [6, 6.07) is -0.768. The molecule has 0 aromatic heterocycles. The number of amides is 2. The lowest BCUT2D eigenvalue weighted by atomic mass is 10.0. The molecule has 106 valence electrons. The van der Waals surface area contributed by atoms with Gasteiger partial charge in [-0.05, 0) is 20.3 Å². The molecule has 0 rings (SSSR count). The number of rotatable bonds is 8. The van der Waals surface area contributed by atoms with Gasteiger partial charge in [-0.15, -0.1) is 0 Å². The third kappa shape index (κ3) is 5.86.